The summed E-state index contributed by atoms with van der Waals surface area (Å²) in [5.41, 5.74) is 7.00. The van der Waals surface area contributed by atoms with Gasteiger partial charge < -0.3 is 10.6 Å². The van der Waals surface area contributed by atoms with E-state index in [0.717, 1.165) is 31.5 Å². The van der Waals surface area contributed by atoms with Crippen LogP contribution in [0.4, 0.5) is 0 Å². The topological polar surface area (TPSA) is 46.3 Å². The molecule has 100 valence electrons. The van der Waals surface area contributed by atoms with Crippen molar-refractivity contribution in [3.63, 3.8) is 0 Å². The van der Waals surface area contributed by atoms with Gasteiger partial charge >= 0.3 is 0 Å². The number of carbonyl (C=O) groups is 1. The normalized spacial score (nSPS) is 27.1. The second-order valence-corrected chi connectivity index (χ2v) is 5.59. The predicted molar refractivity (Wildman–Crippen MR) is 75.3 cm³/mol. The van der Waals surface area contributed by atoms with Crippen LogP contribution in [0.3, 0.4) is 0 Å². The number of hydrogen-bond donors (Lipinski definition) is 1. The first-order valence-electron chi connectivity index (χ1n) is 7.00. The fourth-order valence-electron chi connectivity index (χ4n) is 3.19. The van der Waals surface area contributed by atoms with E-state index in [1.54, 1.807) is 0 Å². The molecular formula is C16H20N2O. The van der Waals surface area contributed by atoms with Crippen LogP contribution in [0.5, 0.6) is 0 Å². The first-order chi connectivity index (χ1) is 9.25. The molecule has 2 aliphatic rings. The fraction of sp³-hybridized carbons (Fsp3) is 0.438. The maximum Gasteiger partial charge on any atom is 0.244 e. The molecule has 0 radical (unpaired) electrons. The number of hydrogen-bond acceptors (Lipinski definition) is 2. The van der Waals surface area contributed by atoms with Gasteiger partial charge in [-0.05, 0) is 30.2 Å². The number of nitrogens with two attached hydrogens (primary N) is 1. The summed E-state index contributed by atoms with van der Waals surface area (Å²) >= 11 is 0. The highest BCUT2D eigenvalue weighted by atomic mass is 16.2. The third kappa shape index (κ3) is 2.43. The molecule has 3 unspecified atom stereocenters. The van der Waals surface area contributed by atoms with E-state index in [-0.39, 0.29) is 5.91 Å². The number of rotatable bonds is 2. The molecule has 1 aromatic carbocycles. The molecule has 1 saturated heterocycles. The molecule has 3 rings (SSSR count). The number of nitrogens with zero attached hydrogens (tertiary/aromatic N) is 1. The molecule has 19 heavy (non-hydrogen) atoms. The largest absolute Gasteiger partial charge is 0.340 e. The highest BCUT2D eigenvalue weighted by molar-refractivity contribution is 5.83. The van der Waals surface area contributed by atoms with Gasteiger partial charge in [-0.15, -0.1) is 0 Å². The third-order valence-electron chi connectivity index (χ3n) is 4.36. The van der Waals surface area contributed by atoms with E-state index >= 15 is 0 Å². The van der Waals surface area contributed by atoms with Crippen LogP contribution in [0.25, 0.3) is 0 Å². The van der Waals surface area contributed by atoms with E-state index in [1.807, 2.05) is 35.2 Å². The Hall–Kier alpha value is -1.61. The number of amides is 1. The Bertz CT molecular complexity index is 467. The summed E-state index contributed by atoms with van der Waals surface area (Å²) in [4.78, 5) is 14.4. The zero-order chi connectivity index (χ0) is 13.2. The molecule has 0 spiro atoms. The molecule has 0 saturated carbocycles. The van der Waals surface area contributed by atoms with Crippen molar-refractivity contribution in [2.45, 2.75) is 18.9 Å². The first kappa shape index (κ1) is 12.4. The van der Waals surface area contributed by atoms with Gasteiger partial charge in [-0.2, -0.15) is 0 Å². The Balaban J connectivity index is 1.68. The molecule has 3 atom stereocenters. The van der Waals surface area contributed by atoms with Crippen LogP contribution >= 0.6 is 0 Å². The average molecular weight is 256 g/mol. The van der Waals surface area contributed by atoms with Crippen LogP contribution in [0.1, 0.15) is 24.4 Å². The van der Waals surface area contributed by atoms with Gasteiger partial charge in [0.1, 0.15) is 6.04 Å². The molecule has 1 fully saturated rings. The summed E-state index contributed by atoms with van der Waals surface area (Å²) in [6.45, 7) is 1.74. The SMILES string of the molecule is NC(C(=O)N1CC2CC=CCC2C1)c1ccccc1. The zero-order valence-corrected chi connectivity index (χ0v) is 11.0. The van der Waals surface area contributed by atoms with Gasteiger partial charge in [-0.3, -0.25) is 4.79 Å². The van der Waals surface area contributed by atoms with Crippen LogP contribution in [0, 0.1) is 11.8 Å². The smallest absolute Gasteiger partial charge is 0.244 e. The summed E-state index contributed by atoms with van der Waals surface area (Å²) in [5, 5.41) is 0. The van der Waals surface area contributed by atoms with Crippen molar-refractivity contribution in [1.82, 2.24) is 4.90 Å². The lowest BCUT2D eigenvalue weighted by Crippen LogP contribution is -2.37. The Morgan fingerprint density at radius 2 is 1.68 bits per heavy atom. The number of carbonyl (C=O) groups excluding carboxylic acids is 1. The van der Waals surface area contributed by atoms with Gasteiger partial charge in [0.25, 0.3) is 0 Å². The second-order valence-electron chi connectivity index (χ2n) is 5.59. The quantitative estimate of drug-likeness (QED) is 0.824. The van der Waals surface area contributed by atoms with Crippen molar-refractivity contribution in [2.75, 3.05) is 13.1 Å². The van der Waals surface area contributed by atoms with E-state index in [4.69, 9.17) is 5.73 Å². The molecule has 1 aromatic rings. The molecule has 3 heteroatoms. The van der Waals surface area contributed by atoms with Gasteiger partial charge in [0, 0.05) is 13.1 Å². The lowest BCUT2D eigenvalue weighted by Gasteiger charge is -2.21. The summed E-state index contributed by atoms with van der Waals surface area (Å²) in [7, 11) is 0. The molecule has 1 heterocycles. The van der Waals surface area contributed by atoms with E-state index in [2.05, 4.69) is 12.2 Å². The highest BCUT2D eigenvalue weighted by Gasteiger charge is 2.36. The maximum atomic E-state index is 12.5. The van der Waals surface area contributed by atoms with Crippen LogP contribution in [-0.4, -0.2) is 23.9 Å². The van der Waals surface area contributed by atoms with Gasteiger partial charge in [-0.25, -0.2) is 0 Å². The minimum atomic E-state index is -0.519. The van der Waals surface area contributed by atoms with Crippen LogP contribution in [-0.2, 0) is 4.79 Å². The molecule has 0 aromatic heterocycles. The average Bonchev–Trinajstić information content (AvgIpc) is 2.90. The molecule has 0 bridgehead atoms. The summed E-state index contributed by atoms with van der Waals surface area (Å²) in [5.74, 6) is 1.34. The monoisotopic (exact) mass is 256 g/mol. The highest BCUT2D eigenvalue weighted by Crippen LogP contribution is 2.33. The van der Waals surface area contributed by atoms with E-state index in [9.17, 15) is 4.79 Å². The molecule has 1 amide bonds. The van der Waals surface area contributed by atoms with Gasteiger partial charge in [0.15, 0.2) is 0 Å². The lowest BCUT2D eigenvalue weighted by atomic mass is 9.86. The van der Waals surface area contributed by atoms with Crippen molar-refractivity contribution >= 4 is 5.91 Å². The first-order valence-corrected chi connectivity index (χ1v) is 7.00. The summed E-state index contributed by atoms with van der Waals surface area (Å²) < 4.78 is 0. The fourth-order valence-corrected chi connectivity index (χ4v) is 3.19. The van der Waals surface area contributed by atoms with Crippen molar-refractivity contribution in [2.24, 2.45) is 17.6 Å². The van der Waals surface area contributed by atoms with Gasteiger partial charge in [-0.1, -0.05) is 42.5 Å². The second kappa shape index (κ2) is 5.17. The molecular weight excluding hydrogens is 236 g/mol. The van der Waals surface area contributed by atoms with Gasteiger partial charge in [0.2, 0.25) is 5.91 Å². The van der Waals surface area contributed by atoms with Gasteiger partial charge in [0.05, 0.1) is 0 Å². The molecule has 3 nitrogen and oxygen atoms in total. The number of likely N-dealkylation sites (tertiary alicyclic amines) is 1. The van der Waals surface area contributed by atoms with Crippen molar-refractivity contribution in [3.05, 3.63) is 48.0 Å². The Labute approximate surface area is 114 Å². The van der Waals surface area contributed by atoms with E-state index < -0.39 is 6.04 Å². The number of allylic oxidation sites excluding steroid dienone is 2. The van der Waals surface area contributed by atoms with Crippen molar-refractivity contribution in [1.29, 1.82) is 0 Å². The summed E-state index contributed by atoms with van der Waals surface area (Å²) in [6, 6.07) is 9.12. The Morgan fingerprint density at radius 1 is 1.11 bits per heavy atom. The molecule has 1 aliphatic carbocycles. The number of fused-ring (bicyclic) bond motifs is 1. The summed E-state index contributed by atoms with van der Waals surface area (Å²) in [6.07, 6.45) is 6.70. The third-order valence-corrected chi connectivity index (χ3v) is 4.36. The van der Waals surface area contributed by atoms with Crippen molar-refractivity contribution in [3.8, 4) is 0 Å². The Kier molecular flexibility index (Phi) is 3.38. The van der Waals surface area contributed by atoms with E-state index in [0.29, 0.717) is 11.8 Å². The standard InChI is InChI=1S/C16H20N2O/c17-15(12-6-2-1-3-7-12)16(19)18-10-13-8-4-5-9-14(13)11-18/h1-7,13-15H,8-11,17H2. The zero-order valence-electron chi connectivity index (χ0n) is 11.0. The van der Waals surface area contributed by atoms with E-state index in [1.165, 1.54) is 0 Å². The van der Waals surface area contributed by atoms with Crippen LogP contribution < -0.4 is 5.73 Å². The van der Waals surface area contributed by atoms with Crippen molar-refractivity contribution < 1.29 is 4.79 Å². The minimum absolute atomic E-state index is 0.0700. The minimum Gasteiger partial charge on any atom is -0.340 e. The van der Waals surface area contributed by atoms with Crippen LogP contribution in [0.2, 0.25) is 0 Å². The molecule has 1 aliphatic heterocycles. The lowest BCUT2D eigenvalue weighted by molar-refractivity contribution is -0.131. The Morgan fingerprint density at radius 3 is 2.26 bits per heavy atom. The maximum absolute atomic E-state index is 12.5. The van der Waals surface area contributed by atoms with Crippen LogP contribution in [0.15, 0.2) is 42.5 Å². The molecule has 2 N–H and O–H groups in total. The number of benzene rings is 1. The predicted octanol–water partition coefficient (Wildman–Crippen LogP) is 2.11.